The number of halogens is 3. The summed E-state index contributed by atoms with van der Waals surface area (Å²) in [6.45, 7) is 1.42. The van der Waals surface area contributed by atoms with Gasteiger partial charge >= 0.3 is 6.18 Å². The van der Waals surface area contributed by atoms with Crippen molar-refractivity contribution in [3.63, 3.8) is 0 Å². The van der Waals surface area contributed by atoms with E-state index < -0.39 is 23.8 Å². The van der Waals surface area contributed by atoms with Crippen molar-refractivity contribution in [3.05, 3.63) is 59.2 Å². The molecule has 2 aromatic rings. The summed E-state index contributed by atoms with van der Waals surface area (Å²) in [6.07, 6.45) is -3.79. The zero-order valence-electron chi connectivity index (χ0n) is 21.1. The van der Waals surface area contributed by atoms with Crippen molar-refractivity contribution in [1.29, 1.82) is 0 Å². The van der Waals surface area contributed by atoms with Gasteiger partial charge in [-0.05, 0) is 55.3 Å². The monoisotopic (exact) mass is 551 g/mol. The molecule has 212 valence electrons. The number of ether oxygens (including phenoxy) is 3. The van der Waals surface area contributed by atoms with Gasteiger partial charge in [0.1, 0.15) is 18.5 Å². The molecule has 0 saturated carbocycles. The Hall–Kier alpha value is -3.64. The number of amides is 3. The number of anilines is 1. The summed E-state index contributed by atoms with van der Waals surface area (Å²) in [5, 5.41) is 5.53. The highest BCUT2D eigenvalue weighted by atomic mass is 19.4. The minimum absolute atomic E-state index is 0. The van der Waals surface area contributed by atoms with Crippen molar-refractivity contribution in [3.8, 4) is 5.75 Å². The summed E-state index contributed by atoms with van der Waals surface area (Å²) in [4.78, 5) is 39.7. The molecule has 3 heterocycles. The Bertz CT molecular complexity index is 1260. The zero-order valence-corrected chi connectivity index (χ0v) is 21.1. The zero-order chi connectivity index (χ0) is 27.7. The van der Waals surface area contributed by atoms with Crippen LogP contribution in [0.25, 0.3) is 0 Å². The number of nitrogens with zero attached hydrogens (tertiary/aromatic N) is 1. The van der Waals surface area contributed by atoms with Crippen LogP contribution in [0.5, 0.6) is 5.75 Å². The number of carbonyl (C=O) groups is 3. The predicted octanol–water partition coefficient (Wildman–Crippen LogP) is 3.59. The number of fused-ring (bicyclic) bond motifs is 2. The maximum absolute atomic E-state index is 13.4. The Labute approximate surface area is 225 Å². The van der Waals surface area contributed by atoms with Gasteiger partial charge < -0.3 is 29.7 Å². The quantitative estimate of drug-likeness (QED) is 0.589. The van der Waals surface area contributed by atoms with Gasteiger partial charge in [-0.3, -0.25) is 14.4 Å². The van der Waals surface area contributed by atoms with E-state index in [0.29, 0.717) is 44.0 Å². The van der Waals surface area contributed by atoms with Gasteiger partial charge in [-0.15, -0.1) is 0 Å². The third kappa shape index (κ3) is 5.86. The first-order valence-corrected chi connectivity index (χ1v) is 12.6. The number of carbonyl (C=O) groups excluding carboxylic acids is 3. The summed E-state index contributed by atoms with van der Waals surface area (Å²) in [6, 6.07) is 8.22. The standard InChI is InChI=1S/C27H28F3N3O6.2H2/c1-33-21-8-7-19(11-31-24(34)16-12-37-13-16)39-23(21)14-38-22-9-6-18(10-20(22)26(33)36)32-25(35)15-2-4-17(5-3-15)27(28,29)30;;/h2-6,9-10,16,19,21,23H,7-8,11-14H2,1H3,(H,31,34)(H,32,35);2*1H/t19-,21-,23-;;/m0../s1. The van der Waals surface area contributed by atoms with E-state index in [9.17, 15) is 27.6 Å². The van der Waals surface area contributed by atoms with Crippen LogP contribution in [-0.4, -0.2) is 74.3 Å². The Balaban J connectivity index is 0.00000231. The molecule has 2 saturated heterocycles. The fourth-order valence-corrected chi connectivity index (χ4v) is 4.86. The first-order chi connectivity index (χ1) is 18.6. The summed E-state index contributed by atoms with van der Waals surface area (Å²) < 4.78 is 55.6. The lowest BCUT2D eigenvalue weighted by Crippen LogP contribution is -2.55. The van der Waals surface area contributed by atoms with Gasteiger partial charge in [-0.2, -0.15) is 13.2 Å². The van der Waals surface area contributed by atoms with Crippen molar-refractivity contribution in [2.45, 2.75) is 37.3 Å². The molecule has 0 spiro atoms. The first-order valence-electron chi connectivity index (χ1n) is 12.6. The number of hydrogen-bond donors (Lipinski definition) is 2. The number of hydrogen-bond acceptors (Lipinski definition) is 6. The van der Waals surface area contributed by atoms with E-state index >= 15 is 0 Å². The molecule has 3 aliphatic rings. The van der Waals surface area contributed by atoms with E-state index in [4.69, 9.17) is 14.2 Å². The summed E-state index contributed by atoms with van der Waals surface area (Å²) >= 11 is 0. The van der Waals surface area contributed by atoms with Crippen molar-refractivity contribution in [2.24, 2.45) is 5.92 Å². The van der Waals surface area contributed by atoms with Crippen LogP contribution in [0, 0.1) is 5.92 Å². The molecule has 0 radical (unpaired) electrons. The average molecular weight is 552 g/mol. The summed E-state index contributed by atoms with van der Waals surface area (Å²) in [5.41, 5.74) is -0.258. The molecule has 9 nitrogen and oxygen atoms in total. The topological polar surface area (TPSA) is 106 Å². The van der Waals surface area contributed by atoms with Crippen LogP contribution < -0.4 is 15.4 Å². The van der Waals surface area contributed by atoms with Crippen LogP contribution in [-0.2, 0) is 20.4 Å². The molecule has 0 unspecified atom stereocenters. The lowest BCUT2D eigenvalue weighted by molar-refractivity contribution is -0.141. The van der Waals surface area contributed by atoms with Gasteiger partial charge in [0.25, 0.3) is 11.8 Å². The van der Waals surface area contributed by atoms with E-state index in [1.54, 1.807) is 24.1 Å². The third-order valence-corrected chi connectivity index (χ3v) is 7.26. The smallest absolute Gasteiger partial charge is 0.416 e. The van der Waals surface area contributed by atoms with Gasteiger partial charge in [-0.1, -0.05) is 0 Å². The number of benzene rings is 2. The molecule has 5 rings (SSSR count). The van der Waals surface area contributed by atoms with Gasteiger partial charge in [0.05, 0.1) is 42.4 Å². The van der Waals surface area contributed by atoms with Crippen LogP contribution in [0.3, 0.4) is 0 Å². The molecule has 2 fully saturated rings. The van der Waals surface area contributed by atoms with Gasteiger partial charge in [-0.25, -0.2) is 0 Å². The molecule has 3 aliphatic heterocycles. The molecule has 2 N–H and O–H groups in total. The SMILES string of the molecule is CN1C(=O)c2cc(NC(=O)c3ccc(C(F)(F)F)cc3)ccc2OC[C@@H]2O[C@H](CNC(=O)C3COC3)CC[C@@H]21.[HH].[HH]. The van der Waals surface area contributed by atoms with Crippen LogP contribution in [0.4, 0.5) is 18.9 Å². The molecule has 0 aromatic heterocycles. The van der Waals surface area contributed by atoms with Crippen molar-refractivity contribution < 1.29 is 44.6 Å². The average Bonchev–Trinajstić information content (AvgIpc) is 2.88. The minimum atomic E-state index is -4.50. The fraction of sp³-hybridized carbons (Fsp3) is 0.444. The lowest BCUT2D eigenvalue weighted by Gasteiger charge is -2.42. The molecule has 0 aliphatic carbocycles. The van der Waals surface area contributed by atoms with E-state index in [1.165, 1.54) is 6.07 Å². The number of alkyl halides is 3. The van der Waals surface area contributed by atoms with E-state index in [0.717, 1.165) is 24.3 Å². The fourth-order valence-electron chi connectivity index (χ4n) is 4.86. The highest BCUT2D eigenvalue weighted by Crippen LogP contribution is 2.32. The Morgan fingerprint density at radius 3 is 2.49 bits per heavy atom. The van der Waals surface area contributed by atoms with E-state index in [2.05, 4.69) is 10.6 Å². The molecule has 0 bridgehead atoms. The summed E-state index contributed by atoms with van der Waals surface area (Å²) in [7, 11) is 1.69. The summed E-state index contributed by atoms with van der Waals surface area (Å²) in [5.74, 6) is -0.772. The second-order valence-corrected chi connectivity index (χ2v) is 9.89. The molecule has 39 heavy (non-hydrogen) atoms. The molecular weight excluding hydrogens is 519 g/mol. The molecule has 3 amide bonds. The van der Waals surface area contributed by atoms with Crippen LogP contribution in [0.15, 0.2) is 42.5 Å². The van der Waals surface area contributed by atoms with Crippen molar-refractivity contribution in [2.75, 3.05) is 38.7 Å². The minimum Gasteiger partial charge on any atom is -0.490 e. The van der Waals surface area contributed by atoms with E-state index in [1.807, 2.05) is 0 Å². The third-order valence-electron chi connectivity index (χ3n) is 7.26. The Morgan fingerprint density at radius 1 is 1.08 bits per heavy atom. The molecule has 3 atom stereocenters. The maximum atomic E-state index is 13.4. The molecule has 12 heteroatoms. The second-order valence-electron chi connectivity index (χ2n) is 9.89. The largest absolute Gasteiger partial charge is 0.490 e. The highest BCUT2D eigenvalue weighted by molar-refractivity contribution is 6.05. The predicted molar refractivity (Wildman–Crippen MR) is 137 cm³/mol. The van der Waals surface area contributed by atoms with Gasteiger partial charge in [0.15, 0.2) is 0 Å². The van der Waals surface area contributed by atoms with E-state index in [-0.39, 0.29) is 50.5 Å². The molecule has 2 aromatic carbocycles. The Kier molecular flexibility index (Phi) is 7.50. The maximum Gasteiger partial charge on any atom is 0.416 e. The van der Waals surface area contributed by atoms with Crippen molar-refractivity contribution >= 4 is 23.4 Å². The number of likely N-dealkylation sites (N-methyl/N-ethyl adjacent to an activating group) is 1. The highest BCUT2D eigenvalue weighted by Gasteiger charge is 2.39. The van der Waals surface area contributed by atoms with Crippen LogP contribution in [0.2, 0.25) is 0 Å². The number of rotatable bonds is 5. The van der Waals surface area contributed by atoms with Gasteiger partial charge in [0, 0.05) is 27.7 Å². The Morgan fingerprint density at radius 2 is 1.82 bits per heavy atom. The first kappa shape index (κ1) is 26.9. The van der Waals surface area contributed by atoms with Crippen molar-refractivity contribution in [1.82, 2.24) is 10.2 Å². The van der Waals surface area contributed by atoms with Gasteiger partial charge in [0.2, 0.25) is 5.91 Å². The lowest BCUT2D eigenvalue weighted by atomic mass is 9.95. The normalized spacial score (nSPS) is 23.3. The van der Waals surface area contributed by atoms with Crippen LogP contribution in [0.1, 0.15) is 42.0 Å². The van der Waals surface area contributed by atoms with Crippen LogP contribution >= 0.6 is 0 Å². The number of nitrogens with one attached hydrogen (secondary N) is 2. The molecular formula is C27H32F3N3O6. The second kappa shape index (κ2) is 10.9.